The number of rotatable bonds is 15. The summed E-state index contributed by atoms with van der Waals surface area (Å²) in [7, 11) is -0.379. The van der Waals surface area contributed by atoms with Crippen molar-refractivity contribution >= 4 is 50.2 Å². The highest BCUT2D eigenvalue weighted by Gasteiger charge is 2.30. The number of amides is 2. The minimum absolute atomic E-state index is 0. The van der Waals surface area contributed by atoms with Gasteiger partial charge in [0, 0.05) is 80.4 Å². The Balaban J connectivity index is 0.000000600. The fraction of sp³-hybridized carbons (Fsp3) is 0.472. The SMILES string of the molecule is C.CCCOC.COCCNC(=O)C(C)(C)C.Cc1ccc(C(c2ccc(Cl)cc2)c2ccc3ncnc(NC4CCN(S(=O)(=O)c5ccc(C(=O)NCCC(C)(C)C)cc5)CC4)c3c2)cc1. The molecule has 1 aromatic heterocycles. The molecular formula is C53H75ClN6O6S. The normalized spacial score (nSPS) is 13.8. The lowest BCUT2D eigenvalue weighted by Gasteiger charge is -2.32. The Hall–Kier alpha value is -4.92. The number of hydrogen-bond acceptors (Lipinski definition) is 9. The van der Waals surface area contributed by atoms with Crippen LogP contribution in [-0.4, -0.2) is 94.2 Å². The monoisotopic (exact) mass is 959 g/mol. The standard InChI is InChI=1S/C40H44ClN5O3S.C8H17NO2.C4H10O.CH4/c1-27-5-7-28(8-6-27)37(29-9-14-32(41)15-10-29)31-13-18-36-35(25-31)38(44-26-43-36)45-33-19-23-46(24-20-33)50(48,49)34-16-11-30(12-17-34)39(47)42-22-21-40(2,3)4;1-8(2,3)7(10)9-5-6-11-4;1-3-4-5-2;/h5-18,25-26,33,37H,19-24H2,1-4H3,(H,42,47)(H,43,44,45);5-6H2,1-4H3,(H,9,10);3-4H2,1-2H3;1H4. The molecule has 366 valence electrons. The molecule has 1 saturated heterocycles. The van der Waals surface area contributed by atoms with Crippen molar-refractivity contribution in [2.45, 2.75) is 105 Å². The molecule has 0 saturated carbocycles. The molecule has 67 heavy (non-hydrogen) atoms. The van der Waals surface area contributed by atoms with E-state index in [0.29, 0.717) is 56.2 Å². The fourth-order valence-corrected chi connectivity index (χ4v) is 8.71. The molecule has 2 amide bonds. The van der Waals surface area contributed by atoms with Gasteiger partial charge in [-0.25, -0.2) is 18.4 Å². The number of aryl methyl sites for hydroxylation is 1. The van der Waals surface area contributed by atoms with Gasteiger partial charge in [-0.3, -0.25) is 9.59 Å². The van der Waals surface area contributed by atoms with Crippen molar-refractivity contribution in [3.8, 4) is 0 Å². The zero-order valence-corrected chi connectivity index (χ0v) is 42.1. The van der Waals surface area contributed by atoms with Crippen LogP contribution in [0, 0.1) is 17.8 Å². The van der Waals surface area contributed by atoms with Crippen LogP contribution in [0.1, 0.15) is 120 Å². The molecule has 1 aliphatic heterocycles. The fourth-order valence-electron chi connectivity index (χ4n) is 7.11. The molecule has 1 atom stereocenters. The highest BCUT2D eigenvalue weighted by Crippen LogP contribution is 2.36. The van der Waals surface area contributed by atoms with Gasteiger partial charge in [0.15, 0.2) is 0 Å². The van der Waals surface area contributed by atoms with Gasteiger partial charge < -0.3 is 25.4 Å². The number of carbonyl (C=O) groups is 2. The number of anilines is 1. The highest BCUT2D eigenvalue weighted by molar-refractivity contribution is 7.89. The van der Waals surface area contributed by atoms with Gasteiger partial charge in [-0.2, -0.15) is 4.31 Å². The smallest absolute Gasteiger partial charge is 0.251 e. The Bertz CT molecular complexity index is 2350. The van der Waals surface area contributed by atoms with E-state index in [2.05, 4.69) is 109 Å². The van der Waals surface area contributed by atoms with E-state index < -0.39 is 10.0 Å². The van der Waals surface area contributed by atoms with Gasteiger partial charge in [-0.05, 0) is 103 Å². The Morgan fingerprint density at radius 1 is 0.791 bits per heavy atom. The molecule has 14 heteroatoms. The van der Waals surface area contributed by atoms with Crippen molar-refractivity contribution < 1.29 is 27.5 Å². The van der Waals surface area contributed by atoms with Gasteiger partial charge in [0.2, 0.25) is 15.9 Å². The minimum Gasteiger partial charge on any atom is -0.385 e. The van der Waals surface area contributed by atoms with E-state index in [0.717, 1.165) is 47.3 Å². The number of carbonyl (C=O) groups excluding carboxylic acids is 2. The lowest BCUT2D eigenvalue weighted by atomic mass is 9.84. The second-order valence-corrected chi connectivity index (χ2v) is 21.2. The van der Waals surface area contributed by atoms with E-state index in [9.17, 15) is 18.0 Å². The van der Waals surface area contributed by atoms with E-state index in [-0.39, 0.29) is 46.9 Å². The van der Waals surface area contributed by atoms with Crippen molar-refractivity contribution in [1.82, 2.24) is 24.9 Å². The van der Waals surface area contributed by atoms with Crippen LogP contribution in [0.3, 0.4) is 0 Å². The van der Waals surface area contributed by atoms with Crippen LogP contribution in [0.4, 0.5) is 5.82 Å². The van der Waals surface area contributed by atoms with E-state index >= 15 is 0 Å². The molecule has 0 radical (unpaired) electrons. The van der Waals surface area contributed by atoms with Crippen LogP contribution in [0.2, 0.25) is 5.02 Å². The van der Waals surface area contributed by atoms with Gasteiger partial charge in [0.05, 0.1) is 17.0 Å². The van der Waals surface area contributed by atoms with Crippen LogP contribution in [0.25, 0.3) is 10.9 Å². The first-order valence-corrected chi connectivity index (χ1v) is 24.6. The van der Waals surface area contributed by atoms with Crippen LogP contribution >= 0.6 is 11.6 Å². The predicted molar refractivity (Wildman–Crippen MR) is 275 cm³/mol. The number of sulfonamides is 1. The largest absolute Gasteiger partial charge is 0.385 e. The van der Waals surface area contributed by atoms with Crippen molar-refractivity contribution in [1.29, 1.82) is 0 Å². The maximum atomic E-state index is 13.5. The summed E-state index contributed by atoms with van der Waals surface area (Å²) in [5.41, 5.74) is 5.70. The zero-order chi connectivity index (χ0) is 48.5. The summed E-state index contributed by atoms with van der Waals surface area (Å²) in [6.45, 7) is 19.5. The van der Waals surface area contributed by atoms with Crippen molar-refractivity contribution in [2.24, 2.45) is 10.8 Å². The Morgan fingerprint density at radius 3 is 1.91 bits per heavy atom. The third-order valence-corrected chi connectivity index (χ3v) is 13.2. The van der Waals surface area contributed by atoms with Crippen LogP contribution in [0.15, 0.2) is 102 Å². The lowest BCUT2D eigenvalue weighted by molar-refractivity contribution is -0.128. The number of piperidine rings is 1. The average molecular weight is 960 g/mol. The number of nitrogens with zero attached hydrogens (tertiary/aromatic N) is 3. The molecule has 0 aliphatic carbocycles. The first-order valence-electron chi connectivity index (χ1n) is 22.7. The first-order chi connectivity index (χ1) is 31.3. The number of halogens is 1. The van der Waals surface area contributed by atoms with Gasteiger partial charge >= 0.3 is 0 Å². The molecule has 5 aromatic rings. The molecule has 1 aliphatic rings. The summed E-state index contributed by atoms with van der Waals surface area (Å²) in [6.07, 6.45) is 4.78. The Kier molecular flexibility index (Phi) is 22.4. The molecule has 12 nitrogen and oxygen atoms in total. The second-order valence-electron chi connectivity index (χ2n) is 18.8. The summed E-state index contributed by atoms with van der Waals surface area (Å²) in [4.78, 5) is 33.1. The average Bonchev–Trinajstić information content (AvgIpc) is 3.28. The second kappa shape index (κ2) is 26.6. The number of nitrogens with one attached hydrogen (secondary N) is 3. The van der Waals surface area contributed by atoms with Crippen molar-refractivity contribution in [2.75, 3.05) is 58.9 Å². The van der Waals surface area contributed by atoms with Crippen LogP contribution in [0.5, 0.6) is 0 Å². The summed E-state index contributed by atoms with van der Waals surface area (Å²) in [6, 6.07) is 29.1. The maximum absolute atomic E-state index is 13.5. The van der Waals surface area contributed by atoms with E-state index in [1.165, 1.54) is 27.6 Å². The molecule has 0 spiro atoms. The molecule has 0 bridgehead atoms. The summed E-state index contributed by atoms with van der Waals surface area (Å²) < 4.78 is 38.1. The molecular weight excluding hydrogens is 884 g/mol. The van der Waals surface area contributed by atoms with Gasteiger partial charge in [-0.15, -0.1) is 0 Å². The molecule has 4 aromatic carbocycles. The van der Waals surface area contributed by atoms with E-state index in [1.54, 1.807) is 32.7 Å². The zero-order valence-electron chi connectivity index (χ0n) is 40.5. The number of methoxy groups -OCH3 is 2. The first kappa shape index (κ1) is 56.4. The Labute approximate surface area is 406 Å². The number of hydrogen-bond donors (Lipinski definition) is 3. The van der Waals surface area contributed by atoms with Gasteiger partial charge in [0.25, 0.3) is 5.91 Å². The summed E-state index contributed by atoms with van der Waals surface area (Å²) in [5.74, 6) is 0.573. The number of aromatic nitrogens is 2. The molecule has 2 heterocycles. The Morgan fingerprint density at radius 2 is 1.37 bits per heavy atom. The minimum atomic E-state index is -3.71. The molecule has 1 unspecified atom stereocenters. The van der Waals surface area contributed by atoms with Gasteiger partial charge in [-0.1, -0.05) is 116 Å². The van der Waals surface area contributed by atoms with Crippen LogP contribution < -0.4 is 16.0 Å². The molecule has 6 rings (SSSR count). The molecule has 1 fully saturated rings. The third kappa shape index (κ3) is 17.6. The molecule has 3 N–H and O–H groups in total. The lowest BCUT2D eigenvalue weighted by Crippen LogP contribution is -2.42. The summed E-state index contributed by atoms with van der Waals surface area (Å²) >= 11 is 6.25. The van der Waals surface area contributed by atoms with Crippen LogP contribution in [-0.2, 0) is 24.3 Å². The number of fused-ring (bicyclic) bond motifs is 1. The van der Waals surface area contributed by atoms with Crippen molar-refractivity contribution in [3.63, 3.8) is 0 Å². The van der Waals surface area contributed by atoms with E-state index in [1.807, 2.05) is 39.0 Å². The number of ether oxygens (including phenoxy) is 2. The highest BCUT2D eigenvalue weighted by atomic mass is 35.5. The van der Waals surface area contributed by atoms with E-state index in [4.69, 9.17) is 21.1 Å². The maximum Gasteiger partial charge on any atom is 0.251 e. The predicted octanol–water partition coefficient (Wildman–Crippen LogP) is 10.7. The number of benzene rings is 4. The topological polar surface area (TPSA) is 152 Å². The van der Waals surface area contributed by atoms with Crippen molar-refractivity contribution in [3.05, 3.63) is 130 Å². The third-order valence-electron chi connectivity index (χ3n) is 11.0. The van der Waals surface area contributed by atoms with Gasteiger partial charge in [0.1, 0.15) is 12.1 Å². The quantitative estimate of drug-likeness (QED) is 0.0688. The summed E-state index contributed by atoms with van der Waals surface area (Å²) in [5, 5.41) is 10.9.